The molecule has 0 bridgehead atoms. The lowest BCUT2D eigenvalue weighted by atomic mass is 10.0. The van der Waals surface area contributed by atoms with Gasteiger partial charge in [-0.05, 0) is 37.1 Å². The highest BCUT2D eigenvalue weighted by atomic mass is 32.1. The molecule has 0 saturated carbocycles. The number of nitrogens with one attached hydrogen (secondary N) is 1. The van der Waals surface area contributed by atoms with Gasteiger partial charge < -0.3 is 0 Å². The molecule has 0 radical (unpaired) electrons. The zero-order chi connectivity index (χ0) is 20.9. The monoisotopic (exact) mass is 415 g/mol. The van der Waals surface area contributed by atoms with Crippen molar-refractivity contribution < 1.29 is 4.79 Å². The van der Waals surface area contributed by atoms with Crippen LogP contribution < -0.4 is 5.32 Å². The Bertz CT molecular complexity index is 1190. The summed E-state index contributed by atoms with van der Waals surface area (Å²) in [6, 6.07) is 16.3. The molecule has 2 aromatic heterocycles. The number of thiazole rings is 1. The molecule has 0 saturated heterocycles. The number of amides is 1. The number of carbonyl (C=O) groups is 1. The number of aromatic nitrogens is 4. The first-order valence-electron chi connectivity index (χ1n) is 9.53. The summed E-state index contributed by atoms with van der Waals surface area (Å²) in [5.74, 6) is -0.255. The first-order chi connectivity index (χ1) is 14.6. The van der Waals surface area contributed by atoms with Gasteiger partial charge in [0.2, 0.25) is 5.91 Å². The third kappa shape index (κ3) is 4.87. The van der Waals surface area contributed by atoms with Crippen molar-refractivity contribution in [3.8, 4) is 11.3 Å². The molecule has 4 aromatic rings. The number of carbonyl (C=O) groups excluding carboxylic acids is 1. The third-order valence-electron chi connectivity index (χ3n) is 4.55. The van der Waals surface area contributed by atoms with E-state index in [9.17, 15) is 4.79 Å². The van der Waals surface area contributed by atoms with Crippen molar-refractivity contribution in [1.29, 1.82) is 0 Å². The quantitative estimate of drug-likeness (QED) is 0.463. The smallest absolute Gasteiger partial charge is 0.250 e. The Hall–Kier alpha value is -3.58. The van der Waals surface area contributed by atoms with E-state index >= 15 is 0 Å². The van der Waals surface area contributed by atoms with Gasteiger partial charge in [-0.15, -0.1) is 16.4 Å². The molecule has 30 heavy (non-hydrogen) atoms. The summed E-state index contributed by atoms with van der Waals surface area (Å²) >= 11 is 1.41. The molecule has 1 amide bonds. The summed E-state index contributed by atoms with van der Waals surface area (Å²) < 4.78 is 1.74. The van der Waals surface area contributed by atoms with Gasteiger partial charge in [0.05, 0.1) is 18.4 Å². The minimum atomic E-state index is -0.255. The SMILES string of the molecule is Cc1ccc(C)c(-c2csc(NC(=O)/C=C/c3cn(Cc4ccccc4)nn3)n2)c1. The van der Waals surface area contributed by atoms with Crippen molar-refractivity contribution in [2.24, 2.45) is 0 Å². The van der Waals surface area contributed by atoms with Gasteiger partial charge in [-0.2, -0.15) is 0 Å². The number of hydrogen-bond acceptors (Lipinski definition) is 5. The maximum atomic E-state index is 12.3. The normalized spacial score (nSPS) is 11.1. The van der Waals surface area contributed by atoms with Crippen LogP contribution in [0.1, 0.15) is 22.4 Å². The molecule has 0 spiro atoms. The molecule has 0 aliphatic heterocycles. The topological polar surface area (TPSA) is 72.7 Å². The van der Waals surface area contributed by atoms with Gasteiger partial charge in [0.15, 0.2) is 5.13 Å². The zero-order valence-corrected chi connectivity index (χ0v) is 17.6. The second-order valence-corrected chi connectivity index (χ2v) is 7.86. The Morgan fingerprint density at radius 2 is 2.00 bits per heavy atom. The van der Waals surface area contributed by atoms with E-state index in [4.69, 9.17) is 0 Å². The molecular weight excluding hydrogens is 394 g/mol. The van der Waals surface area contributed by atoms with Crippen molar-refractivity contribution in [2.45, 2.75) is 20.4 Å². The minimum Gasteiger partial charge on any atom is -0.298 e. The zero-order valence-electron chi connectivity index (χ0n) is 16.7. The fraction of sp³-hybridized carbons (Fsp3) is 0.130. The summed E-state index contributed by atoms with van der Waals surface area (Å²) in [6.07, 6.45) is 4.89. The molecule has 0 aliphatic carbocycles. The molecule has 6 nitrogen and oxygen atoms in total. The van der Waals surface area contributed by atoms with Crippen LogP contribution in [0.25, 0.3) is 17.3 Å². The van der Waals surface area contributed by atoms with Crippen molar-refractivity contribution >= 4 is 28.5 Å². The number of nitrogens with zero attached hydrogens (tertiary/aromatic N) is 4. The second kappa shape index (κ2) is 8.84. The van der Waals surface area contributed by atoms with Crippen molar-refractivity contribution in [3.05, 3.63) is 88.6 Å². The van der Waals surface area contributed by atoms with Gasteiger partial charge in [-0.3, -0.25) is 10.1 Å². The predicted molar refractivity (Wildman–Crippen MR) is 120 cm³/mol. The number of benzene rings is 2. The fourth-order valence-corrected chi connectivity index (χ4v) is 3.73. The maximum Gasteiger partial charge on any atom is 0.250 e. The summed E-state index contributed by atoms with van der Waals surface area (Å²) in [7, 11) is 0. The Morgan fingerprint density at radius 1 is 1.17 bits per heavy atom. The standard InChI is InChI=1S/C23H21N5OS/c1-16-8-9-17(2)20(12-16)21-15-30-23(24-21)25-22(29)11-10-19-14-28(27-26-19)13-18-6-4-3-5-7-18/h3-12,14-15H,13H2,1-2H3,(H,24,25,29)/b11-10+. The van der Waals surface area contributed by atoms with E-state index in [2.05, 4.69) is 52.7 Å². The lowest BCUT2D eigenvalue weighted by Crippen LogP contribution is -2.07. The molecule has 0 unspecified atom stereocenters. The summed E-state index contributed by atoms with van der Waals surface area (Å²) in [5.41, 5.74) is 6.04. The molecule has 0 aliphatic rings. The fourth-order valence-electron chi connectivity index (χ4n) is 3.01. The van der Waals surface area contributed by atoms with Crippen LogP contribution >= 0.6 is 11.3 Å². The van der Waals surface area contributed by atoms with Crippen LogP contribution in [-0.4, -0.2) is 25.9 Å². The van der Waals surface area contributed by atoms with E-state index in [0.29, 0.717) is 17.4 Å². The summed E-state index contributed by atoms with van der Waals surface area (Å²) in [6.45, 7) is 4.74. The van der Waals surface area contributed by atoms with E-state index in [-0.39, 0.29) is 5.91 Å². The van der Waals surface area contributed by atoms with Crippen LogP contribution in [0.5, 0.6) is 0 Å². The van der Waals surface area contributed by atoms with Crippen LogP contribution in [0.4, 0.5) is 5.13 Å². The van der Waals surface area contributed by atoms with Crippen LogP contribution in [0.2, 0.25) is 0 Å². The summed E-state index contributed by atoms with van der Waals surface area (Å²) in [5, 5.41) is 13.5. The molecule has 150 valence electrons. The van der Waals surface area contributed by atoms with Crippen LogP contribution in [-0.2, 0) is 11.3 Å². The molecule has 0 atom stereocenters. The molecule has 2 heterocycles. The van der Waals surface area contributed by atoms with Gasteiger partial charge in [0, 0.05) is 17.0 Å². The second-order valence-electron chi connectivity index (χ2n) is 7.01. The lowest BCUT2D eigenvalue weighted by molar-refractivity contribution is -0.111. The Balaban J connectivity index is 1.38. The largest absolute Gasteiger partial charge is 0.298 e. The van der Waals surface area contributed by atoms with E-state index < -0.39 is 0 Å². The first kappa shape index (κ1) is 19.7. The number of rotatable bonds is 6. The molecule has 1 N–H and O–H groups in total. The van der Waals surface area contributed by atoms with Gasteiger partial charge in [0.1, 0.15) is 5.69 Å². The first-order valence-corrected chi connectivity index (χ1v) is 10.4. The van der Waals surface area contributed by atoms with Gasteiger partial charge in [-0.1, -0.05) is 53.2 Å². The van der Waals surface area contributed by atoms with E-state index in [1.165, 1.54) is 23.0 Å². The Morgan fingerprint density at radius 3 is 2.83 bits per heavy atom. The third-order valence-corrected chi connectivity index (χ3v) is 5.31. The maximum absolute atomic E-state index is 12.3. The average molecular weight is 416 g/mol. The van der Waals surface area contributed by atoms with Crippen molar-refractivity contribution in [3.63, 3.8) is 0 Å². The van der Waals surface area contributed by atoms with Crippen molar-refractivity contribution in [2.75, 3.05) is 5.32 Å². The van der Waals surface area contributed by atoms with Gasteiger partial charge in [0.25, 0.3) is 0 Å². The van der Waals surface area contributed by atoms with Gasteiger partial charge in [-0.25, -0.2) is 9.67 Å². The Labute approximate surface area is 178 Å². The van der Waals surface area contributed by atoms with E-state index in [1.54, 1.807) is 17.0 Å². The average Bonchev–Trinajstić information content (AvgIpc) is 3.38. The molecule has 7 heteroatoms. The Kier molecular flexibility index (Phi) is 5.81. The van der Waals surface area contributed by atoms with Crippen LogP contribution in [0.15, 0.2) is 66.2 Å². The predicted octanol–water partition coefficient (Wildman–Crippen LogP) is 4.72. The highest BCUT2D eigenvalue weighted by Gasteiger charge is 2.09. The number of aryl methyl sites for hydroxylation is 2. The highest BCUT2D eigenvalue weighted by molar-refractivity contribution is 7.14. The summed E-state index contributed by atoms with van der Waals surface area (Å²) in [4.78, 5) is 16.8. The highest BCUT2D eigenvalue weighted by Crippen LogP contribution is 2.28. The van der Waals surface area contributed by atoms with Crippen LogP contribution in [0.3, 0.4) is 0 Å². The molecule has 0 fully saturated rings. The number of hydrogen-bond donors (Lipinski definition) is 1. The molecule has 4 rings (SSSR count). The number of anilines is 1. The van der Waals surface area contributed by atoms with Crippen LogP contribution in [0, 0.1) is 13.8 Å². The molecular formula is C23H21N5OS. The van der Waals surface area contributed by atoms with Gasteiger partial charge >= 0.3 is 0 Å². The van der Waals surface area contributed by atoms with Crippen molar-refractivity contribution in [1.82, 2.24) is 20.0 Å². The minimum absolute atomic E-state index is 0.255. The molecule has 2 aromatic carbocycles. The van der Waals surface area contributed by atoms with E-state index in [0.717, 1.165) is 22.4 Å². The lowest BCUT2D eigenvalue weighted by Gasteiger charge is -2.03. The van der Waals surface area contributed by atoms with E-state index in [1.807, 2.05) is 35.7 Å².